The Morgan fingerprint density at radius 1 is 1.23 bits per heavy atom. The van der Waals surface area contributed by atoms with Crippen LogP contribution >= 0.6 is 0 Å². The van der Waals surface area contributed by atoms with Gasteiger partial charge in [0.15, 0.2) is 12.2 Å². The molecule has 2 N–H and O–H groups in total. The smallest absolute Gasteiger partial charge is 0.303 e. The third-order valence-electron chi connectivity index (χ3n) is 4.85. The van der Waals surface area contributed by atoms with Crippen molar-refractivity contribution in [3.05, 3.63) is 12.3 Å². The normalized spacial score (nSPS) is 31.4. The van der Waals surface area contributed by atoms with Crippen molar-refractivity contribution in [2.75, 3.05) is 31.6 Å². The summed E-state index contributed by atoms with van der Waals surface area (Å²) in [6.45, 7) is 4.07. The summed E-state index contributed by atoms with van der Waals surface area (Å²) in [5, 5.41) is 6.69. The first kappa shape index (κ1) is 17.4. The molecule has 0 spiro atoms. The molecule has 0 saturated carbocycles. The largest absolute Gasteiger partial charge is 0.469 e. The van der Waals surface area contributed by atoms with E-state index in [-0.39, 0.29) is 30.4 Å². The van der Waals surface area contributed by atoms with E-state index < -0.39 is 0 Å². The molecular formula is C17H24N4O5. The van der Waals surface area contributed by atoms with Crippen molar-refractivity contribution in [2.45, 2.75) is 50.2 Å². The van der Waals surface area contributed by atoms with Crippen LogP contribution in [0.1, 0.15) is 19.8 Å². The number of nitrogens with zero attached hydrogens (tertiary/aromatic N) is 2. The van der Waals surface area contributed by atoms with Gasteiger partial charge in [-0.25, -0.2) is 4.98 Å². The van der Waals surface area contributed by atoms with Crippen molar-refractivity contribution in [3.63, 3.8) is 0 Å². The van der Waals surface area contributed by atoms with Gasteiger partial charge in [0, 0.05) is 25.2 Å². The van der Waals surface area contributed by atoms with Gasteiger partial charge in [-0.2, -0.15) is 4.98 Å². The van der Waals surface area contributed by atoms with Crippen LogP contribution in [0.4, 0.5) is 5.95 Å². The lowest BCUT2D eigenvalue weighted by Gasteiger charge is -2.24. The van der Waals surface area contributed by atoms with E-state index >= 15 is 0 Å². The van der Waals surface area contributed by atoms with Gasteiger partial charge in [0.05, 0.1) is 13.2 Å². The van der Waals surface area contributed by atoms with Gasteiger partial charge in [0.25, 0.3) is 0 Å². The van der Waals surface area contributed by atoms with Crippen molar-refractivity contribution in [3.8, 4) is 5.88 Å². The number of hydrogen-bond acceptors (Lipinski definition) is 9. The average Bonchev–Trinajstić information content (AvgIpc) is 3.20. The number of fused-ring (bicyclic) bond motifs is 1. The Kier molecular flexibility index (Phi) is 5.18. The first-order valence-corrected chi connectivity index (χ1v) is 9.06. The fourth-order valence-electron chi connectivity index (χ4n) is 3.63. The second kappa shape index (κ2) is 7.73. The van der Waals surface area contributed by atoms with E-state index in [9.17, 15) is 4.79 Å². The molecule has 9 nitrogen and oxygen atoms in total. The Balaban J connectivity index is 1.36. The number of ether oxygens (including phenoxy) is 4. The minimum atomic E-state index is -0.381. The van der Waals surface area contributed by atoms with Crippen LogP contribution < -0.4 is 15.4 Å². The van der Waals surface area contributed by atoms with E-state index in [4.69, 9.17) is 18.9 Å². The van der Waals surface area contributed by atoms with E-state index in [1.54, 1.807) is 12.3 Å². The SMILES string of the molecule is CC(=O)O[C@H]1CO[C@@H]2C(Oc3ccnc(NC4CCNCC4)n3)CO[C@H]12. The van der Waals surface area contributed by atoms with Crippen LogP contribution in [0.25, 0.3) is 0 Å². The van der Waals surface area contributed by atoms with Crippen LogP contribution in [0.3, 0.4) is 0 Å². The molecule has 4 rings (SSSR count). The van der Waals surface area contributed by atoms with E-state index in [0.29, 0.717) is 31.1 Å². The van der Waals surface area contributed by atoms with Gasteiger partial charge in [0.2, 0.25) is 11.8 Å². The van der Waals surface area contributed by atoms with Gasteiger partial charge in [-0.3, -0.25) is 4.79 Å². The molecule has 26 heavy (non-hydrogen) atoms. The molecule has 3 fully saturated rings. The highest BCUT2D eigenvalue weighted by molar-refractivity contribution is 5.66. The minimum Gasteiger partial charge on any atom is -0.469 e. The standard InChI is InChI=1S/C17H24N4O5/c1-10(22)25-12-8-23-16-13(9-24-15(12)16)26-14-4-7-19-17(21-14)20-11-2-5-18-6-3-11/h4,7,11-13,15-16,18H,2-3,5-6,8-9H2,1H3,(H,19,20,21)/t12-,13?,15+,16+/m0/s1. The van der Waals surface area contributed by atoms with Crippen molar-refractivity contribution in [1.82, 2.24) is 15.3 Å². The molecule has 1 aromatic heterocycles. The lowest BCUT2D eigenvalue weighted by Crippen LogP contribution is -2.36. The topological polar surface area (TPSA) is 104 Å². The number of rotatable bonds is 5. The Labute approximate surface area is 151 Å². The average molecular weight is 364 g/mol. The molecule has 3 saturated heterocycles. The maximum Gasteiger partial charge on any atom is 0.303 e. The van der Waals surface area contributed by atoms with Crippen LogP contribution in [-0.4, -0.2) is 72.7 Å². The van der Waals surface area contributed by atoms with Crippen molar-refractivity contribution in [1.29, 1.82) is 0 Å². The van der Waals surface area contributed by atoms with Crippen LogP contribution in [0.15, 0.2) is 12.3 Å². The van der Waals surface area contributed by atoms with Crippen LogP contribution in [0.5, 0.6) is 5.88 Å². The number of aromatic nitrogens is 2. The summed E-state index contributed by atoms with van der Waals surface area (Å²) in [6.07, 6.45) is 2.53. The fraction of sp³-hybridized carbons (Fsp3) is 0.706. The maximum absolute atomic E-state index is 11.2. The number of esters is 1. The van der Waals surface area contributed by atoms with Crippen LogP contribution in [-0.2, 0) is 19.0 Å². The molecule has 0 radical (unpaired) electrons. The number of carbonyl (C=O) groups excluding carboxylic acids is 1. The van der Waals surface area contributed by atoms with Crippen molar-refractivity contribution < 1.29 is 23.7 Å². The van der Waals surface area contributed by atoms with Gasteiger partial charge >= 0.3 is 5.97 Å². The molecular weight excluding hydrogens is 340 g/mol. The molecule has 0 bridgehead atoms. The highest BCUT2D eigenvalue weighted by Gasteiger charge is 2.50. The lowest BCUT2D eigenvalue weighted by atomic mass is 10.1. The Bertz CT molecular complexity index is 639. The molecule has 142 valence electrons. The predicted octanol–water partition coefficient (Wildman–Crippen LogP) is 0.117. The molecule has 1 aromatic rings. The maximum atomic E-state index is 11.2. The predicted molar refractivity (Wildman–Crippen MR) is 91.0 cm³/mol. The summed E-state index contributed by atoms with van der Waals surface area (Å²) in [5.74, 6) is 0.705. The molecule has 1 unspecified atom stereocenters. The van der Waals surface area contributed by atoms with Crippen molar-refractivity contribution in [2.24, 2.45) is 0 Å². The second-order valence-electron chi connectivity index (χ2n) is 6.79. The third kappa shape index (κ3) is 3.89. The van der Waals surface area contributed by atoms with E-state index in [0.717, 1.165) is 25.9 Å². The zero-order valence-corrected chi connectivity index (χ0v) is 14.7. The van der Waals surface area contributed by atoms with Gasteiger partial charge in [-0.1, -0.05) is 0 Å². The Morgan fingerprint density at radius 3 is 2.73 bits per heavy atom. The molecule has 9 heteroatoms. The summed E-state index contributed by atoms with van der Waals surface area (Å²) >= 11 is 0. The number of anilines is 1. The minimum absolute atomic E-state index is 0.268. The zero-order chi connectivity index (χ0) is 17.9. The van der Waals surface area contributed by atoms with Gasteiger partial charge < -0.3 is 29.6 Å². The summed E-state index contributed by atoms with van der Waals surface area (Å²) in [4.78, 5) is 19.9. The number of hydrogen-bond donors (Lipinski definition) is 2. The summed E-state index contributed by atoms with van der Waals surface area (Å²) < 4.78 is 22.7. The molecule has 4 heterocycles. The van der Waals surface area contributed by atoms with Crippen molar-refractivity contribution >= 4 is 11.9 Å². The van der Waals surface area contributed by atoms with E-state index in [1.165, 1.54) is 6.92 Å². The number of nitrogens with one attached hydrogen (secondary N) is 2. The van der Waals surface area contributed by atoms with Crippen LogP contribution in [0.2, 0.25) is 0 Å². The van der Waals surface area contributed by atoms with Gasteiger partial charge in [-0.15, -0.1) is 0 Å². The second-order valence-corrected chi connectivity index (χ2v) is 6.79. The van der Waals surface area contributed by atoms with Crippen LogP contribution in [0, 0.1) is 0 Å². The molecule has 0 aliphatic carbocycles. The molecule has 4 atom stereocenters. The monoisotopic (exact) mass is 364 g/mol. The molecule has 0 amide bonds. The Hall–Kier alpha value is -1.97. The first-order chi connectivity index (χ1) is 12.7. The lowest BCUT2D eigenvalue weighted by molar-refractivity contribution is -0.150. The van der Waals surface area contributed by atoms with E-state index in [2.05, 4.69) is 20.6 Å². The first-order valence-electron chi connectivity index (χ1n) is 9.06. The highest BCUT2D eigenvalue weighted by Crippen LogP contribution is 2.31. The van der Waals surface area contributed by atoms with Gasteiger partial charge in [-0.05, 0) is 25.9 Å². The Morgan fingerprint density at radius 2 is 1.96 bits per heavy atom. The molecule has 0 aromatic carbocycles. The summed E-state index contributed by atoms with van der Waals surface area (Å²) in [7, 11) is 0. The molecule has 3 aliphatic rings. The molecule has 3 aliphatic heterocycles. The summed E-state index contributed by atoms with van der Waals surface area (Å²) in [6, 6.07) is 2.09. The summed E-state index contributed by atoms with van der Waals surface area (Å²) in [5.41, 5.74) is 0. The van der Waals surface area contributed by atoms with Gasteiger partial charge in [0.1, 0.15) is 12.2 Å². The number of piperidine rings is 1. The third-order valence-corrected chi connectivity index (χ3v) is 4.85. The fourth-order valence-corrected chi connectivity index (χ4v) is 3.63. The number of carbonyl (C=O) groups is 1. The zero-order valence-electron chi connectivity index (χ0n) is 14.7. The van der Waals surface area contributed by atoms with E-state index in [1.807, 2.05) is 0 Å². The highest BCUT2D eigenvalue weighted by atomic mass is 16.7. The quantitative estimate of drug-likeness (QED) is 0.705.